The van der Waals surface area contributed by atoms with Crippen LogP contribution in [0, 0.1) is 58.7 Å². The van der Waals surface area contributed by atoms with Crippen molar-refractivity contribution in [3.63, 3.8) is 0 Å². The molecule has 2 nitrogen and oxygen atoms in total. The SMILES string of the molecule is O[C@H]1C2C[C@@H]3C[C@@H](C2)CC1(C#CC1(O)C2CC4CC(C2)CC1C4)C3. The van der Waals surface area contributed by atoms with Crippen molar-refractivity contribution in [1.29, 1.82) is 0 Å². The Labute approximate surface area is 145 Å². The molecule has 0 aromatic heterocycles. The van der Waals surface area contributed by atoms with E-state index in [9.17, 15) is 10.2 Å². The Bertz CT molecular complexity index is 584. The quantitative estimate of drug-likeness (QED) is 0.670. The summed E-state index contributed by atoms with van der Waals surface area (Å²) < 4.78 is 0. The predicted molar refractivity (Wildman–Crippen MR) is 91.8 cm³/mol. The number of aliphatic hydroxyl groups is 2. The van der Waals surface area contributed by atoms with Crippen molar-refractivity contribution in [2.75, 3.05) is 0 Å². The van der Waals surface area contributed by atoms with E-state index in [2.05, 4.69) is 11.8 Å². The number of hydrogen-bond donors (Lipinski definition) is 2. The van der Waals surface area contributed by atoms with Crippen molar-refractivity contribution < 1.29 is 10.2 Å². The second-order valence-electron chi connectivity index (χ2n) is 10.6. The number of aliphatic hydroxyl groups excluding tert-OH is 1. The van der Waals surface area contributed by atoms with Crippen molar-refractivity contribution in [2.24, 2.45) is 46.8 Å². The van der Waals surface area contributed by atoms with Gasteiger partial charge in [0.05, 0.1) is 11.5 Å². The Morgan fingerprint density at radius 1 is 0.667 bits per heavy atom. The molecule has 8 saturated carbocycles. The molecule has 3 atom stereocenters. The van der Waals surface area contributed by atoms with Gasteiger partial charge < -0.3 is 10.2 Å². The van der Waals surface area contributed by atoms with Gasteiger partial charge in [-0.1, -0.05) is 11.8 Å². The van der Waals surface area contributed by atoms with Gasteiger partial charge in [-0.25, -0.2) is 0 Å². The Kier molecular flexibility index (Phi) is 2.80. The van der Waals surface area contributed by atoms with E-state index in [0.717, 1.165) is 36.5 Å². The summed E-state index contributed by atoms with van der Waals surface area (Å²) >= 11 is 0. The van der Waals surface area contributed by atoms with Crippen molar-refractivity contribution in [2.45, 2.75) is 75.9 Å². The van der Waals surface area contributed by atoms with Gasteiger partial charge >= 0.3 is 0 Å². The van der Waals surface area contributed by atoms with Crippen molar-refractivity contribution in [1.82, 2.24) is 0 Å². The summed E-state index contributed by atoms with van der Waals surface area (Å²) in [5, 5.41) is 22.5. The molecule has 2 heteroatoms. The van der Waals surface area contributed by atoms with Gasteiger partial charge in [-0.3, -0.25) is 0 Å². The van der Waals surface area contributed by atoms with Crippen LogP contribution < -0.4 is 0 Å². The third-order valence-electron chi connectivity index (χ3n) is 9.15. The van der Waals surface area contributed by atoms with E-state index in [1.165, 1.54) is 51.4 Å². The van der Waals surface area contributed by atoms with Gasteiger partial charge in [0.2, 0.25) is 0 Å². The van der Waals surface area contributed by atoms with Crippen LogP contribution in [0.25, 0.3) is 0 Å². The average Bonchev–Trinajstić information content (AvgIpc) is 2.54. The maximum absolute atomic E-state index is 11.5. The normalized spacial score (nSPS) is 62.6. The van der Waals surface area contributed by atoms with Gasteiger partial charge in [-0.05, 0) is 106 Å². The van der Waals surface area contributed by atoms with E-state index in [1.54, 1.807) is 0 Å². The summed E-state index contributed by atoms with van der Waals surface area (Å²) in [6.07, 6.45) is 11.9. The second-order valence-corrected chi connectivity index (χ2v) is 10.6. The van der Waals surface area contributed by atoms with Gasteiger partial charge in [0.1, 0.15) is 5.60 Å². The average molecular weight is 326 g/mol. The molecule has 8 aliphatic carbocycles. The lowest BCUT2D eigenvalue weighted by molar-refractivity contribution is -0.139. The van der Waals surface area contributed by atoms with E-state index < -0.39 is 5.60 Å². The standard InChI is InChI=1S/C22H30O2/c23-20-17-5-15-4-16(6-17)12-21(20,11-15)1-2-22(24)18-7-13-3-14(9-18)10-19(22)8-13/h13-20,23-24H,3-12H2/t13?,14?,15-,16-,17?,18?,19?,20-,21?,22?/m0/s1. The highest BCUT2D eigenvalue weighted by atomic mass is 16.3. The van der Waals surface area contributed by atoms with Crippen LogP contribution in [0.3, 0.4) is 0 Å². The highest BCUT2D eigenvalue weighted by Gasteiger charge is 2.58. The van der Waals surface area contributed by atoms with Crippen LogP contribution in [-0.4, -0.2) is 21.9 Å². The molecule has 8 rings (SSSR count). The fourth-order valence-corrected chi connectivity index (χ4v) is 8.52. The van der Waals surface area contributed by atoms with E-state index in [1.807, 2.05) is 0 Å². The van der Waals surface area contributed by atoms with Crippen LogP contribution >= 0.6 is 0 Å². The molecule has 0 aliphatic heterocycles. The molecule has 0 heterocycles. The number of hydrogen-bond acceptors (Lipinski definition) is 2. The van der Waals surface area contributed by atoms with Gasteiger partial charge in [0.25, 0.3) is 0 Å². The van der Waals surface area contributed by atoms with E-state index in [0.29, 0.717) is 17.8 Å². The maximum atomic E-state index is 11.5. The molecular formula is C22H30O2. The highest BCUT2D eigenvalue weighted by molar-refractivity contribution is 5.29. The van der Waals surface area contributed by atoms with E-state index in [4.69, 9.17) is 0 Å². The summed E-state index contributed by atoms with van der Waals surface area (Å²) in [6.45, 7) is 0. The number of rotatable bonds is 0. The summed E-state index contributed by atoms with van der Waals surface area (Å²) in [6, 6.07) is 0. The Morgan fingerprint density at radius 3 is 1.79 bits per heavy atom. The Balaban J connectivity index is 1.35. The highest BCUT2D eigenvalue weighted by Crippen LogP contribution is 2.61. The van der Waals surface area contributed by atoms with Crippen molar-refractivity contribution >= 4 is 0 Å². The molecular weight excluding hydrogens is 296 g/mol. The zero-order valence-corrected chi connectivity index (χ0v) is 14.6. The van der Waals surface area contributed by atoms with Crippen LogP contribution in [0.4, 0.5) is 0 Å². The topological polar surface area (TPSA) is 40.5 Å². The lowest BCUT2D eigenvalue weighted by atomic mass is 9.47. The van der Waals surface area contributed by atoms with Crippen LogP contribution in [-0.2, 0) is 0 Å². The van der Waals surface area contributed by atoms with Crippen LogP contribution in [0.5, 0.6) is 0 Å². The minimum atomic E-state index is -0.740. The predicted octanol–water partition coefficient (Wildman–Crippen LogP) is 3.36. The fraction of sp³-hybridized carbons (Fsp3) is 0.909. The first-order valence-electron chi connectivity index (χ1n) is 10.5. The fourth-order valence-electron chi connectivity index (χ4n) is 8.52. The molecule has 8 fully saturated rings. The molecule has 2 N–H and O–H groups in total. The van der Waals surface area contributed by atoms with Crippen molar-refractivity contribution in [3.05, 3.63) is 0 Å². The monoisotopic (exact) mass is 326 g/mol. The first-order chi connectivity index (χ1) is 11.5. The lowest BCUT2D eigenvalue weighted by Gasteiger charge is -2.58. The van der Waals surface area contributed by atoms with Gasteiger partial charge in [-0.15, -0.1) is 0 Å². The van der Waals surface area contributed by atoms with Crippen LogP contribution in [0.2, 0.25) is 0 Å². The largest absolute Gasteiger partial charge is 0.391 e. The molecule has 0 saturated heterocycles. The summed E-state index contributed by atoms with van der Waals surface area (Å²) in [5.41, 5.74) is -0.921. The zero-order valence-electron chi connectivity index (χ0n) is 14.6. The lowest BCUT2D eigenvalue weighted by Crippen LogP contribution is -2.58. The zero-order chi connectivity index (χ0) is 16.1. The Morgan fingerprint density at radius 2 is 1.21 bits per heavy atom. The van der Waals surface area contributed by atoms with Crippen LogP contribution in [0.1, 0.15) is 64.2 Å². The molecule has 0 spiro atoms. The molecule has 0 aromatic carbocycles. The molecule has 130 valence electrons. The summed E-state index contributed by atoms with van der Waals surface area (Å²) in [4.78, 5) is 0. The van der Waals surface area contributed by atoms with Gasteiger partial charge in [-0.2, -0.15) is 0 Å². The molecule has 0 unspecified atom stereocenters. The summed E-state index contributed by atoms with van der Waals surface area (Å²) in [7, 11) is 0. The minimum absolute atomic E-state index is 0.181. The van der Waals surface area contributed by atoms with E-state index >= 15 is 0 Å². The first-order valence-corrected chi connectivity index (χ1v) is 10.5. The third-order valence-corrected chi connectivity index (χ3v) is 9.15. The smallest absolute Gasteiger partial charge is 0.131 e. The van der Waals surface area contributed by atoms with Crippen LogP contribution in [0.15, 0.2) is 0 Å². The second kappa shape index (κ2) is 4.60. The van der Waals surface area contributed by atoms with Gasteiger partial charge in [0, 0.05) is 0 Å². The molecule has 0 aromatic rings. The molecule has 8 aliphatic rings. The van der Waals surface area contributed by atoms with E-state index in [-0.39, 0.29) is 11.5 Å². The molecule has 0 amide bonds. The van der Waals surface area contributed by atoms with Crippen molar-refractivity contribution in [3.8, 4) is 11.8 Å². The molecule has 0 radical (unpaired) electrons. The summed E-state index contributed by atoms with van der Waals surface area (Å²) in [5.74, 6) is 11.7. The molecule has 24 heavy (non-hydrogen) atoms. The Hall–Kier alpha value is -0.520. The maximum Gasteiger partial charge on any atom is 0.131 e. The van der Waals surface area contributed by atoms with Gasteiger partial charge in [0.15, 0.2) is 0 Å². The third kappa shape index (κ3) is 1.81. The molecule has 8 bridgehead atoms. The minimum Gasteiger partial charge on any atom is -0.391 e. The first kappa shape index (κ1) is 14.6.